The lowest BCUT2D eigenvalue weighted by Crippen LogP contribution is -2.22. The van der Waals surface area contributed by atoms with E-state index in [4.69, 9.17) is 4.74 Å². The zero-order chi connectivity index (χ0) is 26.9. The van der Waals surface area contributed by atoms with Gasteiger partial charge in [-0.1, -0.05) is 6.07 Å². The lowest BCUT2D eigenvalue weighted by Gasteiger charge is -2.18. The van der Waals surface area contributed by atoms with Crippen molar-refractivity contribution in [2.45, 2.75) is 39.7 Å². The number of aromatic nitrogens is 5. The highest BCUT2D eigenvalue weighted by Gasteiger charge is 2.17. The van der Waals surface area contributed by atoms with Gasteiger partial charge in [-0.3, -0.25) is 24.4 Å². The smallest absolute Gasteiger partial charge is 0.228 e. The van der Waals surface area contributed by atoms with Crippen LogP contribution in [0.4, 0.5) is 10.1 Å². The van der Waals surface area contributed by atoms with Gasteiger partial charge >= 0.3 is 0 Å². The Labute approximate surface area is 219 Å². The number of ether oxygens (including phenoxy) is 1. The molecule has 3 aromatic heterocycles. The van der Waals surface area contributed by atoms with Crippen molar-refractivity contribution < 1.29 is 13.9 Å². The Hall–Kier alpha value is -4.66. The minimum absolute atomic E-state index is 0.118. The molecule has 0 aliphatic heterocycles. The van der Waals surface area contributed by atoms with Gasteiger partial charge in [-0.05, 0) is 63.1 Å². The van der Waals surface area contributed by atoms with Crippen molar-refractivity contribution >= 4 is 22.5 Å². The number of hydrogen-bond acceptors (Lipinski definition) is 6. The monoisotopic (exact) mass is 510 g/mol. The fourth-order valence-electron chi connectivity index (χ4n) is 4.04. The van der Waals surface area contributed by atoms with Crippen molar-refractivity contribution in [3.63, 3.8) is 0 Å². The fourth-order valence-corrected chi connectivity index (χ4v) is 4.04. The molecular weight excluding hydrogens is 483 g/mol. The first-order valence-electron chi connectivity index (χ1n) is 12.1. The Morgan fingerprint density at radius 2 is 1.87 bits per heavy atom. The fraction of sp³-hybridized carbons (Fsp3) is 0.207. The van der Waals surface area contributed by atoms with Crippen LogP contribution in [0.1, 0.15) is 31.9 Å². The molecule has 0 aliphatic rings. The number of pyridine rings is 1. The van der Waals surface area contributed by atoms with Crippen LogP contribution in [0.25, 0.3) is 22.2 Å². The predicted octanol–water partition coefficient (Wildman–Crippen LogP) is 6.06. The van der Waals surface area contributed by atoms with E-state index in [2.05, 4.69) is 25.4 Å². The maximum absolute atomic E-state index is 15.1. The molecule has 2 aromatic carbocycles. The van der Waals surface area contributed by atoms with Gasteiger partial charge in [0.2, 0.25) is 5.91 Å². The van der Waals surface area contributed by atoms with Crippen LogP contribution in [0.15, 0.2) is 73.6 Å². The molecule has 38 heavy (non-hydrogen) atoms. The number of rotatable bonds is 6. The molecule has 192 valence electrons. The average Bonchev–Trinajstić information content (AvgIpc) is 3.36. The summed E-state index contributed by atoms with van der Waals surface area (Å²) in [6.45, 7) is 7.86. The molecule has 1 N–H and O–H groups in total. The van der Waals surface area contributed by atoms with Crippen molar-refractivity contribution in [1.29, 1.82) is 0 Å². The number of aryl methyl sites for hydroxylation is 1. The predicted molar refractivity (Wildman–Crippen MR) is 144 cm³/mol. The van der Waals surface area contributed by atoms with Crippen molar-refractivity contribution in [3.05, 3.63) is 90.5 Å². The molecule has 0 unspecified atom stereocenters. The number of halogens is 1. The van der Waals surface area contributed by atoms with Crippen molar-refractivity contribution in [2.75, 3.05) is 5.32 Å². The normalized spacial score (nSPS) is 11.5. The quantitative estimate of drug-likeness (QED) is 0.298. The van der Waals surface area contributed by atoms with E-state index in [1.54, 1.807) is 54.0 Å². The molecule has 0 radical (unpaired) electrons. The van der Waals surface area contributed by atoms with Crippen LogP contribution in [-0.4, -0.2) is 30.6 Å². The number of hydrogen-bond donors (Lipinski definition) is 1. The van der Waals surface area contributed by atoms with Crippen molar-refractivity contribution in [1.82, 2.24) is 24.7 Å². The van der Waals surface area contributed by atoms with Crippen molar-refractivity contribution in [3.8, 4) is 22.8 Å². The number of amides is 1. The Morgan fingerprint density at radius 1 is 1.03 bits per heavy atom. The summed E-state index contributed by atoms with van der Waals surface area (Å²) in [7, 11) is 0. The van der Waals surface area contributed by atoms with Gasteiger partial charge in [0.15, 0.2) is 0 Å². The molecule has 8 nitrogen and oxygen atoms in total. The molecule has 0 fully saturated rings. The molecule has 5 aromatic rings. The topological polar surface area (TPSA) is 94.8 Å². The second-order valence-corrected chi connectivity index (χ2v) is 10.0. The Morgan fingerprint density at radius 3 is 2.61 bits per heavy atom. The lowest BCUT2D eigenvalue weighted by molar-refractivity contribution is -0.115. The Balaban J connectivity index is 1.36. The second-order valence-electron chi connectivity index (χ2n) is 10.0. The number of nitrogens with one attached hydrogen (secondary N) is 1. The Kier molecular flexibility index (Phi) is 6.59. The summed E-state index contributed by atoms with van der Waals surface area (Å²) < 4.78 is 23.0. The zero-order valence-corrected chi connectivity index (χ0v) is 21.6. The summed E-state index contributed by atoms with van der Waals surface area (Å²) in [5.74, 6) is 0.0342. The molecule has 0 saturated heterocycles. The summed E-state index contributed by atoms with van der Waals surface area (Å²) in [6.07, 6.45) is 9.79. The molecule has 1 amide bonds. The molecular formula is C29H27FN6O2. The van der Waals surface area contributed by atoms with Gasteiger partial charge in [0.1, 0.15) is 17.3 Å². The van der Waals surface area contributed by atoms with Gasteiger partial charge < -0.3 is 10.1 Å². The van der Waals surface area contributed by atoms with E-state index in [0.29, 0.717) is 22.7 Å². The number of fused-ring (bicyclic) bond motifs is 1. The number of carbonyl (C=O) groups excluding carboxylic acids is 1. The number of nitrogens with zero attached hydrogens (tertiary/aromatic N) is 5. The van der Waals surface area contributed by atoms with E-state index < -0.39 is 5.82 Å². The van der Waals surface area contributed by atoms with Crippen molar-refractivity contribution in [2.24, 2.45) is 0 Å². The van der Waals surface area contributed by atoms with Crippen LogP contribution in [0.5, 0.6) is 11.5 Å². The van der Waals surface area contributed by atoms with Crippen LogP contribution in [0.2, 0.25) is 0 Å². The SMILES string of the molecule is Cc1cc(CC(=O)Nc2cnn(C(C)(C)C)c2)c(F)cc1Oc1ccnc2ccc(-c3cnccn3)cc12. The third-order valence-corrected chi connectivity index (χ3v) is 6.03. The van der Waals surface area contributed by atoms with Crippen LogP contribution in [-0.2, 0) is 16.8 Å². The highest BCUT2D eigenvalue weighted by molar-refractivity contribution is 5.92. The molecule has 0 bridgehead atoms. The molecule has 5 rings (SSSR count). The van der Waals surface area contributed by atoms with Gasteiger partial charge in [-0.2, -0.15) is 5.10 Å². The summed E-state index contributed by atoms with van der Waals surface area (Å²) in [4.78, 5) is 25.5. The van der Waals surface area contributed by atoms with Gasteiger partial charge in [-0.25, -0.2) is 4.39 Å². The molecule has 0 saturated carbocycles. The number of carbonyl (C=O) groups is 1. The highest BCUT2D eigenvalue weighted by atomic mass is 19.1. The van der Waals surface area contributed by atoms with Gasteiger partial charge in [0.05, 0.1) is 41.3 Å². The maximum atomic E-state index is 15.1. The third kappa shape index (κ3) is 5.36. The first kappa shape index (κ1) is 25.0. The van der Waals surface area contributed by atoms with E-state index >= 15 is 4.39 Å². The molecule has 0 atom stereocenters. The summed E-state index contributed by atoms with van der Waals surface area (Å²) >= 11 is 0. The summed E-state index contributed by atoms with van der Waals surface area (Å²) in [5.41, 5.74) is 3.65. The summed E-state index contributed by atoms with van der Waals surface area (Å²) in [6, 6.07) is 10.4. The summed E-state index contributed by atoms with van der Waals surface area (Å²) in [5, 5.41) is 7.82. The van der Waals surface area contributed by atoms with Crippen LogP contribution < -0.4 is 10.1 Å². The third-order valence-electron chi connectivity index (χ3n) is 6.03. The second kappa shape index (κ2) is 10.0. The van der Waals surface area contributed by atoms with E-state index in [-0.39, 0.29) is 23.4 Å². The first-order valence-corrected chi connectivity index (χ1v) is 12.1. The first-order chi connectivity index (χ1) is 18.2. The van der Waals surface area contributed by atoms with Gasteiger partial charge in [0, 0.05) is 41.8 Å². The van der Waals surface area contributed by atoms with Gasteiger partial charge in [0.25, 0.3) is 0 Å². The maximum Gasteiger partial charge on any atom is 0.228 e. The lowest BCUT2D eigenvalue weighted by atomic mass is 10.1. The zero-order valence-electron chi connectivity index (χ0n) is 21.6. The van der Waals surface area contributed by atoms with E-state index in [1.807, 2.05) is 45.9 Å². The average molecular weight is 511 g/mol. The van der Waals surface area contributed by atoms with Crippen LogP contribution >= 0.6 is 0 Å². The van der Waals surface area contributed by atoms with Crippen LogP contribution in [0, 0.1) is 12.7 Å². The standard InChI is InChI=1S/C29H27FN6O2/c1-18-11-20(13-28(37)35-21-15-34-36(17-21)29(2,3)4)23(30)14-27(18)38-26-7-8-32-24-6-5-19(12-22(24)26)25-16-31-9-10-33-25/h5-12,14-17H,13H2,1-4H3,(H,35,37). The van der Waals surface area contributed by atoms with E-state index in [1.165, 1.54) is 6.07 Å². The van der Waals surface area contributed by atoms with E-state index in [0.717, 1.165) is 22.2 Å². The minimum Gasteiger partial charge on any atom is -0.456 e. The minimum atomic E-state index is -0.523. The highest BCUT2D eigenvalue weighted by Crippen LogP contribution is 2.34. The Bertz CT molecular complexity index is 1630. The molecule has 9 heteroatoms. The molecule has 0 aliphatic carbocycles. The van der Waals surface area contributed by atoms with Gasteiger partial charge in [-0.15, -0.1) is 0 Å². The number of anilines is 1. The number of benzene rings is 2. The van der Waals surface area contributed by atoms with E-state index in [9.17, 15) is 4.79 Å². The molecule has 0 spiro atoms. The largest absolute Gasteiger partial charge is 0.456 e. The molecule has 3 heterocycles. The van der Waals surface area contributed by atoms with Crippen LogP contribution in [0.3, 0.4) is 0 Å².